The molecule has 1 aliphatic carbocycles. The van der Waals surface area contributed by atoms with Gasteiger partial charge in [-0.3, -0.25) is 14.4 Å². The maximum absolute atomic E-state index is 12.6. The number of carboxylic acids is 1. The van der Waals surface area contributed by atoms with Crippen molar-refractivity contribution >= 4 is 29.2 Å². The van der Waals surface area contributed by atoms with Crippen molar-refractivity contribution in [1.82, 2.24) is 0 Å². The Labute approximate surface area is 207 Å². The molecular formula is C28H36N2O5. The largest absolute Gasteiger partial charge is 0.481 e. The van der Waals surface area contributed by atoms with Gasteiger partial charge >= 0.3 is 5.97 Å². The van der Waals surface area contributed by atoms with E-state index in [1.165, 1.54) is 0 Å². The lowest BCUT2D eigenvalue weighted by Gasteiger charge is -2.27. The van der Waals surface area contributed by atoms with E-state index >= 15 is 0 Å². The molecule has 0 bridgehead atoms. The molecule has 1 aliphatic rings. The van der Waals surface area contributed by atoms with Gasteiger partial charge in [0.05, 0.1) is 11.8 Å². The molecule has 188 valence electrons. The highest BCUT2D eigenvalue weighted by atomic mass is 16.5. The van der Waals surface area contributed by atoms with E-state index in [9.17, 15) is 19.5 Å². The van der Waals surface area contributed by atoms with Crippen molar-refractivity contribution < 1.29 is 24.2 Å². The molecule has 0 aliphatic heterocycles. The molecule has 2 aromatic carbocycles. The van der Waals surface area contributed by atoms with Crippen molar-refractivity contribution in [3.63, 3.8) is 0 Å². The molecule has 0 aromatic heterocycles. The Balaban J connectivity index is 1.53. The fourth-order valence-electron chi connectivity index (χ4n) is 4.54. The number of ether oxygens (including phenoxy) is 1. The highest BCUT2D eigenvalue weighted by Gasteiger charge is 2.35. The van der Waals surface area contributed by atoms with Gasteiger partial charge in [-0.2, -0.15) is 0 Å². The maximum atomic E-state index is 12.6. The summed E-state index contributed by atoms with van der Waals surface area (Å²) >= 11 is 0. The number of nitrogens with one attached hydrogen (secondary N) is 2. The van der Waals surface area contributed by atoms with E-state index in [1.54, 1.807) is 36.4 Å². The Hall–Kier alpha value is -3.35. The van der Waals surface area contributed by atoms with Crippen molar-refractivity contribution in [3.05, 3.63) is 48.5 Å². The Kier molecular flexibility index (Phi) is 9.70. The zero-order valence-electron chi connectivity index (χ0n) is 20.6. The first-order valence-electron chi connectivity index (χ1n) is 12.6. The van der Waals surface area contributed by atoms with Crippen molar-refractivity contribution in [2.24, 2.45) is 17.8 Å². The zero-order valence-corrected chi connectivity index (χ0v) is 20.6. The number of hydrogen-bond acceptors (Lipinski definition) is 4. The summed E-state index contributed by atoms with van der Waals surface area (Å²) in [6.45, 7) is 4.16. The van der Waals surface area contributed by atoms with Gasteiger partial charge in [0.15, 0.2) is 0 Å². The highest BCUT2D eigenvalue weighted by Crippen LogP contribution is 2.32. The predicted octanol–water partition coefficient (Wildman–Crippen LogP) is 6.46. The standard InChI is InChI=1S/C28H36N2O5/c1-3-5-8-19(4-2)26(31)29-20-11-15-22(16-12-20)35-23-17-13-21(14-18-23)30-27(32)24-9-6-7-10-25(24)28(33)34/h11-19,24-25H,3-10H2,1-2H3,(H,29,31)(H,30,32)(H,33,34). The summed E-state index contributed by atoms with van der Waals surface area (Å²) < 4.78 is 5.88. The second-order valence-electron chi connectivity index (χ2n) is 9.21. The van der Waals surface area contributed by atoms with Crippen LogP contribution >= 0.6 is 0 Å². The molecule has 7 nitrogen and oxygen atoms in total. The van der Waals surface area contributed by atoms with Crippen LogP contribution in [0.3, 0.4) is 0 Å². The fraction of sp³-hybridized carbons (Fsp3) is 0.464. The summed E-state index contributed by atoms with van der Waals surface area (Å²) in [5, 5.41) is 15.2. The Morgan fingerprint density at radius 2 is 1.43 bits per heavy atom. The number of carboxylic acid groups (broad SMARTS) is 1. The number of hydrogen-bond donors (Lipinski definition) is 3. The Morgan fingerprint density at radius 1 is 0.886 bits per heavy atom. The minimum Gasteiger partial charge on any atom is -0.481 e. The number of carbonyl (C=O) groups excluding carboxylic acids is 2. The lowest BCUT2D eigenvalue weighted by Crippen LogP contribution is -2.36. The van der Waals surface area contributed by atoms with E-state index in [-0.39, 0.29) is 17.7 Å². The monoisotopic (exact) mass is 480 g/mol. The second kappa shape index (κ2) is 12.9. The first kappa shape index (κ1) is 26.3. The van der Waals surface area contributed by atoms with Crippen LogP contribution in [0.5, 0.6) is 11.5 Å². The molecule has 0 radical (unpaired) electrons. The molecule has 2 aromatic rings. The van der Waals surface area contributed by atoms with Crippen molar-refractivity contribution in [2.45, 2.75) is 65.2 Å². The quantitative estimate of drug-likeness (QED) is 0.342. The molecule has 3 atom stereocenters. The number of carbonyl (C=O) groups is 3. The minimum atomic E-state index is -0.902. The van der Waals surface area contributed by atoms with Gasteiger partial charge in [-0.25, -0.2) is 0 Å². The average molecular weight is 481 g/mol. The van der Waals surface area contributed by atoms with Gasteiger partial charge in [-0.15, -0.1) is 0 Å². The van der Waals surface area contributed by atoms with Crippen molar-refractivity contribution in [3.8, 4) is 11.5 Å². The first-order chi connectivity index (χ1) is 16.9. The van der Waals surface area contributed by atoms with Crippen LogP contribution < -0.4 is 15.4 Å². The number of unbranched alkanes of at least 4 members (excludes halogenated alkanes) is 1. The van der Waals surface area contributed by atoms with Gasteiger partial charge in [0, 0.05) is 17.3 Å². The van der Waals surface area contributed by atoms with E-state index in [0.717, 1.165) is 44.2 Å². The summed E-state index contributed by atoms with van der Waals surface area (Å²) in [4.78, 5) is 36.6. The molecule has 0 saturated heterocycles. The Bertz CT molecular complexity index is 987. The third kappa shape index (κ3) is 7.57. The highest BCUT2D eigenvalue weighted by molar-refractivity contribution is 5.95. The number of anilines is 2. The zero-order chi connectivity index (χ0) is 25.2. The van der Waals surface area contributed by atoms with Gasteiger partial charge in [-0.05, 0) is 74.2 Å². The van der Waals surface area contributed by atoms with Gasteiger partial charge < -0.3 is 20.5 Å². The van der Waals surface area contributed by atoms with E-state index in [1.807, 2.05) is 19.1 Å². The number of rotatable bonds is 11. The van der Waals surface area contributed by atoms with Gasteiger partial charge in [0.25, 0.3) is 0 Å². The van der Waals surface area contributed by atoms with Crippen LogP contribution in [0.25, 0.3) is 0 Å². The maximum Gasteiger partial charge on any atom is 0.307 e. The number of amides is 2. The van der Waals surface area contributed by atoms with Crippen molar-refractivity contribution in [1.29, 1.82) is 0 Å². The molecule has 1 fully saturated rings. The predicted molar refractivity (Wildman–Crippen MR) is 137 cm³/mol. The lowest BCUT2D eigenvalue weighted by molar-refractivity contribution is -0.147. The van der Waals surface area contributed by atoms with Crippen LogP contribution in [-0.2, 0) is 14.4 Å². The van der Waals surface area contributed by atoms with Crippen LogP contribution in [0.15, 0.2) is 48.5 Å². The molecule has 2 amide bonds. The SMILES string of the molecule is CCCCC(CC)C(=O)Nc1ccc(Oc2ccc(NC(=O)C3CCCCC3C(=O)O)cc2)cc1. The summed E-state index contributed by atoms with van der Waals surface area (Å²) in [7, 11) is 0. The third-order valence-corrected chi connectivity index (χ3v) is 6.67. The smallest absolute Gasteiger partial charge is 0.307 e. The van der Waals surface area contributed by atoms with Gasteiger partial charge in [-0.1, -0.05) is 39.5 Å². The average Bonchev–Trinajstić information content (AvgIpc) is 2.86. The lowest BCUT2D eigenvalue weighted by atomic mass is 9.78. The van der Waals surface area contributed by atoms with Crippen LogP contribution in [0.1, 0.15) is 65.2 Å². The molecule has 35 heavy (non-hydrogen) atoms. The van der Waals surface area contributed by atoms with E-state index < -0.39 is 17.8 Å². The first-order valence-corrected chi connectivity index (χ1v) is 12.6. The molecular weight excluding hydrogens is 444 g/mol. The summed E-state index contributed by atoms with van der Waals surface area (Å²) in [5.74, 6) is -0.966. The molecule has 0 heterocycles. The third-order valence-electron chi connectivity index (χ3n) is 6.67. The normalized spacial score (nSPS) is 18.3. The molecule has 3 unspecified atom stereocenters. The van der Waals surface area contributed by atoms with E-state index in [2.05, 4.69) is 17.6 Å². The summed E-state index contributed by atoms with van der Waals surface area (Å²) in [5.41, 5.74) is 1.33. The van der Waals surface area contributed by atoms with Crippen molar-refractivity contribution in [2.75, 3.05) is 10.6 Å². The number of benzene rings is 2. The minimum absolute atomic E-state index is 0.0259. The summed E-state index contributed by atoms with van der Waals surface area (Å²) in [6, 6.07) is 14.2. The molecule has 3 rings (SSSR count). The molecule has 0 spiro atoms. The van der Waals surface area contributed by atoms with Crippen LogP contribution in [0.4, 0.5) is 11.4 Å². The topological polar surface area (TPSA) is 105 Å². The second-order valence-corrected chi connectivity index (χ2v) is 9.21. The van der Waals surface area contributed by atoms with Crippen LogP contribution in [0, 0.1) is 17.8 Å². The molecule has 3 N–H and O–H groups in total. The van der Waals surface area contributed by atoms with Crippen LogP contribution in [0.2, 0.25) is 0 Å². The van der Waals surface area contributed by atoms with E-state index in [4.69, 9.17) is 4.74 Å². The summed E-state index contributed by atoms with van der Waals surface area (Å²) in [6.07, 6.45) is 6.70. The Morgan fingerprint density at radius 3 is 1.94 bits per heavy atom. The molecule has 7 heteroatoms. The molecule has 1 saturated carbocycles. The number of aliphatic carboxylic acids is 1. The van der Waals surface area contributed by atoms with E-state index in [0.29, 0.717) is 30.0 Å². The van der Waals surface area contributed by atoms with Gasteiger partial charge in [0.2, 0.25) is 11.8 Å². The van der Waals surface area contributed by atoms with Gasteiger partial charge in [0.1, 0.15) is 11.5 Å². The van der Waals surface area contributed by atoms with Crippen LogP contribution in [-0.4, -0.2) is 22.9 Å². The fourth-order valence-corrected chi connectivity index (χ4v) is 4.54.